The summed E-state index contributed by atoms with van der Waals surface area (Å²) in [7, 11) is 14.8. The van der Waals surface area contributed by atoms with Gasteiger partial charge in [-0.3, -0.25) is 20.0 Å². The minimum Gasteiger partial charge on any atom is -0.285 e. The van der Waals surface area contributed by atoms with Crippen molar-refractivity contribution in [3.05, 3.63) is 107 Å². The molecule has 0 saturated carbocycles. The van der Waals surface area contributed by atoms with E-state index in [-0.39, 0.29) is 0 Å². The fraction of sp³-hybridized carbons (Fsp3) is 0.273. The maximum Gasteiger partial charge on any atom is 0.0877 e. The van der Waals surface area contributed by atoms with E-state index in [0.29, 0.717) is 0 Å². The standard InChI is InChI=1S/C33H38N12/c1-42(2)38-34-25-13-9-23(10-14-25)33(24-11-15-26(16-12-24)35-39-43(3)4)31-21-27(36-40-44(5)6)17-19-29(31)30-20-18-28(22-32(30)33)37-41-45(7)8/h9-22H,1-8H3/b38-34+,39-35+,40-36+,41-37+. The number of hydrogen-bond donors (Lipinski definition) is 0. The summed E-state index contributed by atoms with van der Waals surface area (Å²) in [5.41, 5.74) is 8.77. The second-order valence-corrected chi connectivity index (χ2v) is 11.5. The number of rotatable bonds is 10. The topological polar surface area (TPSA) is 112 Å². The molecule has 0 aromatic heterocycles. The van der Waals surface area contributed by atoms with Crippen LogP contribution in [0.4, 0.5) is 22.7 Å². The van der Waals surface area contributed by atoms with Crippen LogP contribution in [0.25, 0.3) is 11.1 Å². The van der Waals surface area contributed by atoms with Crippen molar-refractivity contribution in [2.24, 2.45) is 41.4 Å². The number of hydrogen-bond acceptors (Lipinski definition) is 8. The Kier molecular flexibility index (Phi) is 8.93. The van der Waals surface area contributed by atoms with Crippen LogP contribution < -0.4 is 0 Å². The van der Waals surface area contributed by atoms with Crippen molar-refractivity contribution in [2.45, 2.75) is 5.41 Å². The maximum absolute atomic E-state index is 4.52. The molecule has 0 N–H and O–H groups in total. The number of fused-ring (bicyclic) bond motifs is 3. The zero-order chi connectivity index (χ0) is 32.1. The smallest absolute Gasteiger partial charge is 0.0877 e. The van der Waals surface area contributed by atoms with Crippen LogP contribution in [-0.2, 0) is 5.41 Å². The van der Waals surface area contributed by atoms with E-state index in [9.17, 15) is 0 Å². The molecule has 45 heavy (non-hydrogen) atoms. The first kappa shape index (κ1) is 30.9. The van der Waals surface area contributed by atoms with Crippen molar-refractivity contribution in [2.75, 3.05) is 56.4 Å². The lowest BCUT2D eigenvalue weighted by molar-refractivity contribution is 0.408. The Morgan fingerprint density at radius 2 is 0.667 bits per heavy atom. The monoisotopic (exact) mass is 602 g/mol. The van der Waals surface area contributed by atoms with Crippen LogP contribution in [0.15, 0.2) is 126 Å². The molecule has 230 valence electrons. The van der Waals surface area contributed by atoms with E-state index in [2.05, 4.69) is 89.9 Å². The van der Waals surface area contributed by atoms with Crippen LogP contribution in [0.5, 0.6) is 0 Å². The van der Waals surface area contributed by atoms with Crippen LogP contribution in [0.3, 0.4) is 0 Å². The van der Waals surface area contributed by atoms with E-state index in [1.807, 2.05) is 92.8 Å². The van der Waals surface area contributed by atoms with Crippen LogP contribution >= 0.6 is 0 Å². The van der Waals surface area contributed by atoms with E-state index < -0.39 is 5.41 Å². The molecule has 0 spiro atoms. The number of benzene rings is 4. The van der Waals surface area contributed by atoms with Gasteiger partial charge in [-0.25, -0.2) is 0 Å². The van der Waals surface area contributed by atoms with Gasteiger partial charge in [-0.15, -0.1) is 20.5 Å². The second kappa shape index (κ2) is 13.0. The molecule has 1 aliphatic rings. The molecule has 0 saturated heterocycles. The fourth-order valence-electron chi connectivity index (χ4n) is 5.33. The van der Waals surface area contributed by atoms with Crippen molar-refractivity contribution < 1.29 is 0 Å². The van der Waals surface area contributed by atoms with Gasteiger partial charge in [-0.1, -0.05) is 57.3 Å². The SMILES string of the molecule is CN(C)/N=N/c1ccc(C2(c3ccc(/N=N/N(C)C)cc3)c3cc(/N=N/N(C)C)ccc3-c3ccc(/N=N/N(C)C)cc32)cc1. The molecule has 0 atom stereocenters. The predicted octanol–water partition coefficient (Wildman–Crippen LogP) is 8.29. The lowest BCUT2D eigenvalue weighted by atomic mass is 9.67. The maximum atomic E-state index is 4.52. The molecule has 0 amide bonds. The summed E-state index contributed by atoms with van der Waals surface area (Å²) in [5.74, 6) is 0. The average Bonchev–Trinajstić information content (AvgIpc) is 3.31. The Balaban J connectivity index is 1.82. The molecule has 5 rings (SSSR count). The van der Waals surface area contributed by atoms with E-state index in [4.69, 9.17) is 0 Å². The van der Waals surface area contributed by atoms with Crippen molar-refractivity contribution in [1.82, 2.24) is 20.0 Å². The van der Waals surface area contributed by atoms with Gasteiger partial charge in [0.25, 0.3) is 0 Å². The average molecular weight is 603 g/mol. The molecule has 0 aliphatic heterocycles. The molecule has 4 aromatic rings. The van der Waals surface area contributed by atoms with E-state index >= 15 is 0 Å². The zero-order valence-corrected chi connectivity index (χ0v) is 26.9. The normalized spacial score (nSPS) is 13.6. The van der Waals surface area contributed by atoms with Crippen LogP contribution in [0, 0.1) is 0 Å². The molecule has 1 aliphatic carbocycles. The molecule has 0 heterocycles. The first-order valence-corrected chi connectivity index (χ1v) is 14.4. The summed E-state index contributed by atoms with van der Waals surface area (Å²) >= 11 is 0. The number of nitrogens with zero attached hydrogens (tertiary/aromatic N) is 12. The Hall–Kier alpha value is -5.52. The van der Waals surface area contributed by atoms with Gasteiger partial charge in [-0.05, 0) is 81.9 Å². The molecule has 0 fully saturated rings. The Morgan fingerprint density at radius 1 is 0.378 bits per heavy atom. The Morgan fingerprint density at radius 3 is 0.978 bits per heavy atom. The molecule has 0 bridgehead atoms. The second-order valence-electron chi connectivity index (χ2n) is 11.5. The van der Waals surface area contributed by atoms with E-state index in [0.717, 1.165) is 56.1 Å². The third-order valence-corrected chi connectivity index (χ3v) is 7.06. The first-order valence-electron chi connectivity index (χ1n) is 14.4. The van der Waals surface area contributed by atoms with Crippen molar-refractivity contribution in [3.8, 4) is 11.1 Å². The summed E-state index contributed by atoms with van der Waals surface area (Å²) < 4.78 is 0. The Bertz CT molecular complexity index is 1620. The van der Waals surface area contributed by atoms with Crippen molar-refractivity contribution in [3.63, 3.8) is 0 Å². The highest BCUT2D eigenvalue weighted by atomic mass is 15.5. The van der Waals surface area contributed by atoms with Gasteiger partial charge in [0, 0.05) is 56.4 Å². The van der Waals surface area contributed by atoms with Crippen molar-refractivity contribution >= 4 is 22.7 Å². The fourth-order valence-corrected chi connectivity index (χ4v) is 5.33. The molecule has 12 nitrogen and oxygen atoms in total. The third kappa shape index (κ3) is 6.54. The highest BCUT2D eigenvalue weighted by molar-refractivity contribution is 5.88. The molecule has 12 heteroatoms. The summed E-state index contributed by atoms with van der Waals surface area (Å²) in [6, 6.07) is 28.9. The molecular weight excluding hydrogens is 564 g/mol. The highest BCUT2D eigenvalue weighted by Crippen LogP contribution is 2.57. The van der Waals surface area contributed by atoms with Crippen LogP contribution in [-0.4, -0.2) is 76.4 Å². The van der Waals surface area contributed by atoms with Gasteiger partial charge in [0.1, 0.15) is 0 Å². The zero-order valence-electron chi connectivity index (χ0n) is 26.9. The predicted molar refractivity (Wildman–Crippen MR) is 177 cm³/mol. The molecule has 0 radical (unpaired) electrons. The molecular formula is C33H38N12. The quantitative estimate of drug-likeness (QED) is 0.118. The minimum atomic E-state index is -0.730. The molecule has 0 unspecified atom stereocenters. The van der Waals surface area contributed by atoms with Crippen LogP contribution in [0.2, 0.25) is 0 Å². The summed E-state index contributed by atoms with van der Waals surface area (Å²) in [6.07, 6.45) is 0. The van der Waals surface area contributed by atoms with Crippen LogP contribution in [0.1, 0.15) is 22.3 Å². The lowest BCUT2D eigenvalue weighted by Gasteiger charge is -2.34. The summed E-state index contributed by atoms with van der Waals surface area (Å²) in [6.45, 7) is 0. The first-order chi connectivity index (χ1) is 21.6. The van der Waals surface area contributed by atoms with Gasteiger partial charge in [0.15, 0.2) is 0 Å². The van der Waals surface area contributed by atoms with E-state index in [1.165, 1.54) is 0 Å². The molecule has 4 aromatic carbocycles. The van der Waals surface area contributed by atoms with Gasteiger partial charge in [0.2, 0.25) is 0 Å². The van der Waals surface area contributed by atoms with Gasteiger partial charge < -0.3 is 0 Å². The Labute approximate surface area is 264 Å². The summed E-state index contributed by atoms with van der Waals surface area (Å²) in [4.78, 5) is 0. The van der Waals surface area contributed by atoms with Gasteiger partial charge in [0.05, 0.1) is 28.2 Å². The highest BCUT2D eigenvalue weighted by Gasteiger charge is 2.46. The minimum absolute atomic E-state index is 0.730. The van der Waals surface area contributed by atoms with Gasteiger partial charge in [-0.2, -0.15) is 0 Å². The van der Waals surface area contributed by atoms with Crippen molar-refractivity contribution in [1.29, 1.82) is 0 Å². The summed E-state index contributed by atoms with van der Waals surface area (Å²) in [5, 5.41) is 41.4. The third-order valence-electron chi connectivity index (χ3n) is 7.06. The van der Waals surface area contributed by atoms with E-state index in [1.54, 1.807) is 20.0 Å². The largest absolute Gasteiger partial charge is 0.285 e. The van der Waals surface area contributed by atoms with Gasteiger partial charge >= 0.3 is 0 Å². The lowest BCUT2D eigenvalue weighted by Crippen LogP contribution is -2.28.